The second-order valence-electron chi connectivity index (χ2n) is 8.20. The highest BCUT2D eigenvalue weighted by Crippen LogP contribution is 2.25. The maximum Gasteiger partial charge on any atom is 0.344 e. The minimum Gasteiger partial charge on any atom is -0.479 e. The van der Waals surface area contributed by atoms with Gasteiger partial charge in [0.05, 0.1) is 11.0 Å². The minimum atomic E-state index is -1.05. The van der Waals surface area contributed by atoms with Gasteiger partial charge in [-0.3, -0.25) is 0 Å². The van der Waals surface area contributed by atoms with Crippen molar-refractivity contribution in [2.45, 2.75) is 40.8 Å². The fourth-order valence-corrected chi connectivity index (χ4v) is 4.19. The first-order chi connectivity index (χ1) is 16.1. The number of aryl methyl sites for hydroxylation is 3. The Bertz CT molecular complexity index is 1340. The molecule has 6 nitrogen and oxygen atoms in total. The molecule has 0 atom stereocenters. The summed E-state index contributed by atoms with van der Waals surface area (Å²) >= 11 is 0. The first-order valence-electron chi connectivity index (χ1n) is 11.2. The molecular weight excluding hydrogens is 426 g/mol. The molecule has 0 radical (unpaired) electrons. The number of pyridine rings is 1. The van der Waals surface area contributed by atoms with E-state index in [1.165, 1.54) is 16.7 Å². The summed E-state index contributed by atoms with van der Waals surface area (Å²) in [5, 5.41) is 19.3. The third-order valence-corrected chi connectivity index (χ3v) is 5.93. The summed E-state index contributed by atoms with van der Waals surface area (Å²) in [4.78, 5) is 16.1. The largest absolute Gasteiger partial charge is 0.479 e. The molecule has 3 aromatic carbocycles. The number of hydrogen-bond donors (Lipinski definition) is 2. The molecule has 1 heterocycles. The Morgan fingerprint density at radius 3 is 2.50 bits per heavy atom. The van der Waals surface area contributed by atoms with E-state index in [1.807, 2.05) is 24.3 Å². The monoisotopic (exact) mass is 459 g/mol. The van der Waals surface area contributed by atoms with Crippen molar-refractivity contribution in [1.29, 1.82) is 0 Å². The lowest BCUT2D eigenvalue weighted by Crippen LogP contribution is -2.19. The highest BCUT2D eigenvalue weighted by atomic mass is 16.6. The summed E-state index contributed by atoms with van der Waals surface area (Å²) in [6.45, 7) is 6.36. The van der Waals surface area contributed by atoms with Crippen LogP contribution in [0, 0.1) is 13.8 Å². The SMILES string of the molecule is C.Cc1ccc2/c(=N/OCC(=O)O)c3ccccc3n(CCCNCc3ccccc3)c2c1C. The number of carboxylic acids is 1. The van der Waals surface area contributed by atoms with Gasteiger partial charge < -0.3 is 19.8 Å². The standard InChI is InChI=1S/C27H29N3O3.CH4/c1-19-13-14-23-26(29-33-18-25(31)32)22-11-6-7-12-24(22)30(27(23)20(19)2)16-8-15-28-17-21-9-4-3-5-10-21;/h3-7,9-14,28H,8,15-18H2,1-2H3,(H,31,32);1H4/b29-26+;. The van der Waals surface area contributed by atoms with Crippen LogP contribution in [0.5, 0.6) is 0 Å². The lowest BCUT2D eigenvalue weighted by Gasteiger charge is -2.19. The molecule has 2 N–H and O–H groups in total. The number of carbonyl (C=O) groups is 1. The molecule has 0 bridgehead atoms. The average molecular weight is 460 g/mol. The van der Waals surface area contributed by atoms with Crippen molar-refractivity contribution < 1.29 is 14.7 Å². The van der Waals surface area contributed by atoms with Crippen LogP contribution in [0.15, 0.2) is 71.9 Å². The zero-order valence-electron chi connectivity index (χ0n) is 19.0. The molecule has 34 heavy (non-hydrogen) atoms. The molecule has 0 unspecified atom stereocenters. The molecule has 4 aromatic rings. The Balaban J connectivity index is 0.00000324. The van der Waals surface area contributed by atoms with Gasteiger partial charge in [-0.1, -0.05) is 73.2 Å². The van der Waals surface area contributed by atoms with Crippen molar-refractivity contribution in [3.8, 4) is 0 Å². The minimum absolute atomic E-state index is 0. The number of nitrogens with zero attached hydrogens (tertiary/aromatic N) is 2. The number of nitrogens with one attached hydrogen (secondary N) is 1. The fourth-order valence-electron chi connectivity index (χ4n) is 4.19. The van der Waals surface area contributed by atoms with Crippen LogP contribution in [0.1, 0.15) is 30.5 Å². The second-order valence-corrected chi connectivity index (χ2v) is 8.20. The van der Waals surface area contributed by atoms with Crippen LogP contribution >= 0.6 is 0 Å². The molecule has 1 aromatic heterocycles. The quantitative estimate of drug-likeness (QED) is 0.206. The van der Waals surface area contributed by atoms with Crippen LogP contribution in [0.25, 0.3) is 21.8 Å². The highest BCUT2D eigenvalue weighted by molar-refractivity contribution is 5.95. The molecule has 6 heteroatoms. The van der Waals surface area contributed by atoms with E-state index < -0.39 is 12.6 Å². The Kier molecular flexibility index (Phi) is 8.44. The molecule has 178 valence electrons. The van der Waals surface area contributed by atoms with E-state index in [9.17, 15) is 4.79 Å². The molecule has 0 amide bonds. The zero-order valence-corrected chi connectivity index (χ0v) is 19.0. The van der Waals surface area contributed by atoms with E-state index in [2.05, 4.69) is 71.4 Å². The number of carboxylic acid groups (broad SMARTS) is 1. The van der Waals surface area contributed by atoms with E-state index >= 15 is 0 Å². The van der Waals surface area contributed by atoms with Gasteiger partial charge in [-0.05, 0) is 49.6 Å². The average Bonchev–Trinajstić information content (AvgIpc) is 2.82. The van der Waals surface area contributed by atoms with Gasteiger partial charge in [-0.2, -0.15) is 0 Å². The van der Waals surface area contributed by atoms with Crippen LogP contribution in [0.4, 0.5) is 0 Å². The summed E-state index contributed by atoms with van der Waals surface area (Å²) in [7, 11) is 0. The molecule has 0 aliphatic carbocycles. The number of aromatic nitrogens is 1. The first kappa shape index (κ1) is 25.0. The van der Waals surface area contributed by atoms with E-state index in [1.54, 1.807) is 0 Å². The highest BCUT2D eigenvalue weighted by Gasteiger charge is 2.13. The van der Waals surface area contributed by atoms with Crippen molar-refractivity contribution in [2.24, 2.45) is 5.16 Å². The van der Waals surface area contributed by atoms with Gasteiger partial charge in [0.15, 0.2) is 0 Å². The van der Waals surface area contributed by atoms with Gasteiger partial charge in [0, 0.05) is 23.9 Å². The Labute approximate surface area is 200 Å². The zero-order chi connectivity index (χ0) is 23.2. The van der Waals surface area contributed by atoms with Gasteiger partial charge in [-0.15, -0.1) is 0 Å². The van der Waals surface area contributed by atoms with Crippen LogP contribution in [-0.2, 0) is 22.7 Å². The molecule has 4 rings (SSSR count). The first-order valence-corrected chi connectivity index (χ1v) is 11.2. The lowest BCUT2D eigenvalue weighted by atomic mass is 10.0. The predicted molar refractivity (Wildman–Crippen MR) is 138 cm³/mol. The molecule has 0 aliphatic heterocycles. The van der Waals surface area contributed by atoms with E-state index in [0.717, 1.165) is 47.9 Å². The van der Waals surface area contributed by atoms with E-state index in [0.29, 0.717) is 5.36 Å². The maximum absolute atomic E-state index is 10.9. The number of hydrogen-bond acceptors (Lipinski definition) is 4. The summed E-state index contributed by atoms with van der Waals surface area (Å²) < 4.78 is 2.35. The van der Waals surface area contributed by atoms with Gasteiger partial charge in [-0.25, -0.2) is 4.79 Å². The third kappa shape index (κ3) is 5.46. The Morgan fingerprint density at radius 2 is 1.74 bits per heavy atom. The topological polar surface area (TPSA) is 75.8 Å². The van der Waals surface area contributed by atoms with Crippen LogP contribution < -0.4 is 10.7 Å². The van der Waals surface area contributed by atoms with Gasteiger partial charge in [0.25, 0.3) is 0 Å². The Hall–Kier alpha value is -3.64. The summed E-state index contributed by atoms with van der Waals surface area (Å²) in [5.74, 6) is -1.05. The number of para-hydroxylation sites is 1. The number of rotatable bonds is 9. The van der Waals surface area contributed by atoms with Gasteiger partial charge in [0.1, 0.15) is 5.36 Å². The van der Waals surface area contributed by atoms with E-state index in [4.69, 9.17) is 9.94 Å². The van der Waals surface area contributed by atoms with Crippen LogP contribution in [-0.4, -0.2) is 28.8 Å². The molecule has 0 aliphatic rings. The van der Waals surface area contributed by atoms with Gasteiger partial charge in [0.2, 0.25) is 6.61 Å². The maximum atomic E-state index is 10.9. The molecule has 0 fully saturated rings. The summed E-state index contributed by atoms with van der Waals surface area (Å²) in [6.07, 6.45) is 0.968. The van der Waals surface area contributed by atoms with Crippen molar-refractivity contribution in [1.82, 2.24) is 9.88 Å². The van der Waals surface area contributed by atoms with E-state index in [-0.39, 0.29) is 7.43 Å². The van der Waals surface area contributed by atoms with Crippen molar-refractivity contribution in [2.75, 3.05) is 13.2 Å². The number of fused-ring (bicyclic) bond motifs is 2. The smallest absolute Gasteiger partial charge is 0.344 e. The predicted octanol–water partition coefficient (Wildman–Crippen LogP) is 5.14. The molecule has 0 saturated carbocycles. The second kappa shape index (κ2) is 11.5. The Morgan fingerprint density at radius 1 is 1.00 bits per heavy atom. The molecule has 0 spiro atoms. The van der Waals surface area contributed by atoms with Crippen molar-refractivity contribution in [3.05, 3.63) is 88.8 Å². The van der Waals surface area contributed by atoms with Crippen molar-refractivity contribution in [3.63, 3.8) is 0 Å². The molecular formula is C28H33N3O3. The number of aliphatic carboxylic acids is 1. The van der Waals surface area contributed by atoms with Crippen molar-refractivity contribution >= 4 is 27.8 Å². The van der Waals surface area contributed by atoms with Crippen LogP contribution in [0.3, 0.4) is 0 Å². The van der Waals surface area contributed by atoms with Crippen LogP contribution in [0.2, 0.25) is 0 Å². The number of benzene rings is 3. The summed E-state index contributed by atoms with van der Waals surface area (Å²) in [6, 6.07) is 22.6. The lowest BCUT2D eigenvalue weighted by molar-refractivity contribution is -0.142. The normalized spacial score (nSPS) is 11.5. The summed E-state index contributed by atoms with van der Waals surface area (Å²) in [5.41, 5.74) is 5.82. The third-order valence-electron chi connectivity index (χ3n) is 5.93. The van der Waals surface area contributed by atoms with Gasteiger partial charge >= 0.3 is 5.97 Å². The molecule has 0 saturated heterocycles. The fraction of sp³-hybridized carbons (Fsp3) is 0.286.